The molecule has 6 heteroatoms. The fourth-order valence-corrected chi connectivity index (χ4v) is 4.37. The number of carbonyl (C=O) groups is 1. The second-order valence-electron chi connectivity index (χ2n) is 5.96. The van der Waals surface area contributed by atoms with Crippen molar-refractivity contribution in [2.75, 3.05) is 37.0 Å². The largest absolute Gasteiger partial charge is 0.396 e. The van der Waals surface area contributed by atoms with E-state index in [4.69, 9.17) is 5.73 Å². The maximum atomic E-state index is 12.0. The van der Waals surface area contributed by atoms with Gasteiger partial charge in [-0.05, 0) is 18.1 Å². The molecule has 3 N–H and O–H groups in total. The molecule has 0 saturated carbocycles. The fourth-order valence-electron chi connectivity index (χ4n) is 2.23. The highest BCUT2D eigenvalue weighted by molar-refractivity contribution is 7.99. The SMILES string of the molecule is CNC(=O)c1sc(N(CC(C)C)CC(C)C)c(SC)c1N. The van der Waals surface area contributed by atoms with Gasteiger partial charge in [0.2, 0.25) is 0 Å². The number of thioether (sulfide) groups is 1. The van der Waals surface area contributed by atoms with Crippen LogP contribution in [0.15, 0.2) is 4.90 Å². The van der Waals surface area contributed by atoms with Crippen LogP contribution in [-0.2, 0) is 0 Å². The predicted octanol–water partition coefficient (Wildman–Crippen LogP) is 3.53. The minimum absolute atomic E-state index is 0.104. The lowest BCUT2D eigenvalue weighted by atomic mass is 10.1. The third-order valence-electron chi connectivity index (χ3n) is 2.98. The number of anilines is 2. The van der Waals surface area contributed by atoms with Crippen LogP contribution in [0.5, 0.6) is 0 Å². The van der Waals surface area contributed by atoms with Gasteiger partial charge in [0.1, 0.15) is 9.88 Å². The molecule has 0 fully saturated rings. The first-order chi connectivity index (χ1) is 9.81. The van der Waals surface area contributed by atoms with Gasteiger partial charge in [-0.3, -0.25) is 4.79 Å². The number of nitrogens with zero attached hydrogens (tertiary/aromatic N) is 1. The third-order valence-corrected chi connectivity index (χ3v) is 5.19. The zero-order valence-electron chi connectivity index (χ0n) is 13.8. The zero-order valence-corrected chi connectivity index (χ0v) is 15.5. The molecule has 0 aliphatic rings. The van der Waals surface area contributed by atoms with Crippen molar-refractivity contribution >= 4 is 39.7 Å². The number of amides is 1. The van der Waals surface area contributed by atoms with Gasteiger partial charge in [0.25, 0.3) is 5.91 Å². The van der Waals surface area contributed by atoms with Crippen LogP contribution in [-0.4, -0.2) is 32.3 Å². The number of thiophene rings is 1. The van der Waals surface area contributed by atoms with Crippen molar-refractivity contribution in [1.29, 1.82) is 0 Å². The van der Waals surface area contributed by atoms with Crippen molar-refractivity contribution in [3.8, 4) is 0 Å². The van der Waals surface area contributed by atoms with Crippen LogP contribution in [0.3, 0.4) is 0 Å². The van der Waals surface area contributed by atoms with E-state index in [1.165, 1.54) is 11.3 Å². The summed E-state index contributed by atoms with van der Waals surface area (Å²) in [7, 11) is 1.64. The van der Waals surface area contributed by atoms with Gasteiger partial charge in [0, 0.05) is 20.1 Å². The molecule has 4 nitrogen and oxygen atoms in total. The Morgan fingerprint density at radius 2 is 1.81 bits per heavy atom. The minimum atomic E-state index is -0.104. The molecule has 1 rings (SSSR count). The minimum Gasteiger partial charge on any atom is -0.396 e. The first-order valence-electron chi connectivity index (χ1n) is 7.25. The lowest BCUT2D eigenvalue weighted by Gasteiger charge is -2.28. The number of hydrogen-bond donors (Lipinski definition) is 2. The number of nitrogens with one attached hydrogen (secondary N) is 1. The molecule has 0 atom stereocenters. The maximum Gasteiger partial charge on any atom is 0.263 e. The van der Waals surface area contributed by atoms with Crippen LogP contribution in [0.25, 0.3) is 0 Å². The monoisotopic (exact) mass is 329 g/mol. The van der Waals surface area contributed by atoms with Crippen molar-refractivity contribution in [2.24, 2.45) is 11.8 Å². The Morgan fingerprint density at radius 3 is 2.19 bits per heavy atom. The van der Waals surface area contributed by atoms with Crippen LogP contribution in [0, 0.1) is 11.8 Å². The van der Waals surface area contributed by atoms with Gasteiger partial charge in [-0.15, -0.1) is 23.1 Å². The Labute approximate surface area is 136 Å². The number of nitrogens with two attached hydrogens (primary N) is 1. The Bertz CT molecular complexity index is 474. The summed E-state index contributed by atoms with van der Waals surface area (Å²) in [6.45, 7) is 10.8. The molecule has 120 valence electrons. The van der Waals surface area contributed by atoms with Crippen molar-refractivity contribution < 1.29 is 4.79 Å². The van der Waals surface area contributed by atoms with E-state index in [1.807, 2.05) is 6.26 Å². The molecule has 0 saturated heterocycles. The highest BCUT2D eigenvalue weighted by Gasteiger charge is 2.24. The Morgan fingerprint density at radius 1 is 1.29 bits per heavy atom. The molecule has 0 aliphatic carbocycles. The second-order valence-corrected chi connectivity index (χ2v) is 7.77. The summed E-state index contributed by atoms with van der Waals surface area (Å²) in [5.74, 6) is 1.02. The van der Waals surface area contributed by atoms with Crippen LogP contribution >= 0.6 is 23.1 Å². The standard InChI is InChI=1S/C15H27N3OS2/c1-9(2)7-18(8-10(3)4)15-13(20-6)11(16)12(21-15)14(19)17-5/h9-10H,7-8,16H2,1-6H3,(H,17,19). The summed E-state index contributed by atoms with van der Waals surface area (Å²) in [4.78, 5) is 16.0. The van der Waals surface area contributed by atoms with Gasteiger partial charge >= 0.3 is 0 Å². The summed E-state index contributed by atoms with van der Waals surface area (Å²) in [6.07, 6.45) is 2.01. The number of hydrogen-bond acceptors (Lipinski definition) is 5. The average molecular weight is 330 g/mol. The summed E-state index contributed by atoms with van der Waals surface area (Å²) in [5.41, 5.74) is 6.80. The molecule has 21 heavy (non-hydrogen) atoms. The van der Waals surface area contributed by atoms with Gasteiger partial charge in [-0.1, -0.05) is 27.7 Å². The van der Waals surface area contributed by atoms with Crippen molar-refractivity contribution in [1.82, 2.24) is 5.32 Å². The number of nitrogen functional groups attached to an aromatic ring is 1. The third kappa shape index (κ3) is 4.54. The van der Waals surface area contributed by atoms with E-state index in [9.17, 15) is 4.79 Å². The highest BCUT2D eigenvalue weighted by Crippen LogP contribution is 2.44. The molecule has 0 radical (unpaired) electrons. The second kappa shape index (κ2) is 7.94. The van der Waals surface area contributed by atoms with Gasteiger partial charge in [-0.25, -0.2) is 0 Å². The van der Waals surface area contributed by atoms with Crippen molar-refractivity contribution in [2.45, 2.75) is 32.6 Å². The normalized spacial score (nSPS) is 11.2. The van der Waals surface area contributed by atoms with E-state index >= 15 is 0 Å². The van der Waals surface area contributed by atoms with E-state index in [2.05, 4.69) is 37.9 Å². The van der Waals surface area contributed by atoms with Crippen molar-refractivity contribution in [3.63, 3.8) is 0 Å². The Balaban J connectivity index is 3.25. The van der Waals surface area contributed by atoms with E-state index in [-0.39, 0.29) is 5.91 Å². The summed E-state index contributed by atoms with van der Waals surface area (Å²) in [5, 5.41) is 3.80. The predicted molar refractivity (Wildman–Crippen MR) is 95.8 cm³/mol. The van der Waals surface area contributed by atoms with Gasteiger partial charge < -0.3 is 16.0 Å². The molecule has 0 bridgehead atoms. The molecule has 0 aromatic carbocycles. The molecule has 0 aliphatic heterocycles. The van der Waals surface area contributed by atoms with Crippen LogP contribution in [0.4, 0.5) is 10.7 Å². The fraction of sp³-hybridized carbons (Fsp3) is 0.667. The molecule has 1 amide bonds. The lowest BCUT2D eigenvalue weighted by molar-refractivity contribution is 0.0968. The number of carbonyl (C=O) groups excluding carboxylic acids is 1. The number of rotatable bonds is 7. The van der Waals surface area contributed by atoms with E-state index in [1.54, 1.807) is 18.8 Å². The Kier molecular flexibility index (Phi) is 6.87. The van der Waals surface area contributed by atoms with Crippen molar-refractivity contribution in [3.05, 3.63) is 4.88 Å². The van der Waals surface area contributed by atoms with Crippen LogP contribution in [0.1, 0.15) is 37.4 Å². The van der Waals surface area contributed by atoms with Crippen LogP contribution < -0.4 is 16.0 Å². The molecule has 0 spiro atoms. The van der Waals surface area contributed by atoms with E-state index in [0.717, 1.165) is 23.0 Å². The highest BCUT2D eigenvalue weighted by atomic mass is 32.2. The zero-order chi connectivity index (χ0) is 16.2. The smallest absolute Gasteiger partial charge is 0.263 e. The van der Waals surface area contributed by atoms with E-state index < -0.39 is 0 Å². The molecular formula is C15H27N3OS2. The quantitative estimate of drug-likeness (QED) is 0.751. The molecule has 1 aromatic rings. The lowest BCUT2D eigenvalue weighted by Crippen LogP contribution is -2.31. The van der Waals surface area contributed by atoms with Gasteiger partial charge in [0.15, 0.2) is 0 Å². The maximum absolute atomic E-state index is 12.0. The van der Waals surface area contributed by atoms with Gasteiger partial charge in [-0.2, -0.15) is 0 Å². The van der Waals surface area contributed by atoms with Crippen LogP contribution in [0.2, 0.25) is 0 Å². The first kappa shape index (κ1) is 18.2. The van der Waals surface area contributed by atoms with E-state index in [0.29, 0.717) is 22.4 Å². The molecule has 1 aromatic heterocycles. The Hall–Kier alpha value is -0.880. The van der Waals surface area contributed by atoms with Gasteiger partial charge in [0.05, 0.1) is 10.6 Å². The summed E-state index contributed by atoms with van der Waals surface area (Å²) >= 11 is 3.12. The molecule has 0 unspecified atom stereocenters. The molecule has 1 heterocycles. The molecular weight excluding hydrogens is 302 g/mol. The first-order valence-corrected chi connectivity index (χ1v) is 9.29. The average Bonchev–Trinajstić information content (AvgIpc) is 2.73. The summed E-state index contributed by atoms with van der Waals surface area (Å²) in [6, 6.07) is 0. The summed E-state index contributed by atoms with van der Waals surface area (Å²) < 4.78 is 0. The topological polar surface area (TPSA) is 58.4 Å².